The van der Waals surface area contributed by atoms with Gasteiger partial charge >= 0.3 is 0 Å². The summed E-state index contributed by atoms with van der Waals surface area (Å²) < 4.78 is 0. The van der Waals surface area contributed by atoms with Crippen LogP contribution in [0.5, 0.6) is 0 Å². The summed E-state index contributed by atoms with van der Waals surface area (Å²) in [4.78, 5) is 17.9. The van der Waals surface area contributed by atoms with Gasteiger partial charge in [0.05, 0.1) is 0 Å². The van der Waals surface area contributed by atoms with Crippen LogP contribution in [0.25, 0.3) is 0 Å². The maximum absolute atomic E-state index is 4.35. The summed E-state index contributed by atoms with van der Waals surface area (Å²) in [6.07, 6.45) is 14.6. The summed E-state index contributed by atoms with van der Waals surface area (Å²) in [5.41, 5.74) is 0. The van der Waals surface area contributed by atoms with Crippen LogP contribution in [0, 0.1) is 5.92 Å². The molecule has 0 radical (unpaired) electrons. The lowest BCUT2D eigenvalue weighted by molar-refractivity contribution is 0.254. The van der Waals surface area contributed by atoms with E-state index < -0.39 is 0 Å². The van der Waals surface area contributed by atoms with E-state index >= 15 is 0 Å². The van der Waals surface area contributed by atoms with Crippen LogP contribution in [0.3, 0.4) is 0 Å². The zero-order chi connectivity index (χ0) is 20.2. The van der Waals surface area contributed by atoms with E-state index in [1.165, 1.54) is 44.9 Å². The van der Waals surface area contributed by atoms with Crippen molar-refractivity contribution in [2.75, 3.05) is 57.8 Å². The molecule has 2 heterocycles. The molecule has 0 atom stereocenters. The molecule has 1 saturated carbocycles. The van der Waals surface area contributed by atoms with Gasteiger partial charge in [0.25, 0.3) is 0 Å². The van der Waals surface area contributed by atoms with Gasteiger partial charge in [-0.1, -0.05) is 38.5 Å². The van der Waals surface area contributed by atoms with Gasteiger partial charge in [0.1, 0.15) is 0 Å². The second-order valence-corrected chi connectivity index (χ2v) is 8.30. The van der Waals surface area contributed by atoms with E-state index in [0.717, 1.165) is 70.1 Å². The van der Waals surface area contributed by atoms with Crippen molar-refractivity contribution in [1.82, 2.24) is 25.5 Å². The largest absolute Gasteiger partial charge is 0.356 e. The van der Waals surface area contributed by atoms with Crippen molar-refractivity contribution in [3.63, 3.8) is 0 Å². The molecule has 1 aliphatic heterocycles. The van der Waals surface area contributed by atoms with Crippen molar-refractivity contribution in [3.8, 4) is 0 Å². The topological polar surface area (TPSA) is 68.7 Å². The number of piperazine rings is 1. The van der Waals surface area contributed by atoms with Gasteiger partial charge < -0.3 is 15.5 Å². The minimum Gasteiger partial charge on any atom is -0.356 e. The highest BCUT2D eigenvalue weighted by atomic mass is 127. The number of anilines is 1. The third-order valence-corrected chi connectivity index (χ3v) is 6.18. The predicted octanol–water partition coefficient (Wildman–Crippen LogP) is 3.13. The number of hydrogen-bond acceptors (Lipinski definition) is 5. The highest BCUT2D eigenvalue weighted by Crippen LogP contribution is 2.28. The zero-order valence-electron chi connectivity index (χ0n) is 18.6. The molecule has 7 nitrogen and oxygen atoms in total. The van der Waals surface area contributed by atoms with Crippen LogP contribution in [-0.4, -0.2) is 73.7 Å². The SMILES string of the molecule is CN=C(NCCCCC1CCCC1)NCCCN1CCN(c2ncccn2)CC1.I. The molecule has 1 aliphatic carbocycles. The fourth-order valence-corrected chi connectivity index (χ4v) is 4.42. The number of nitrogens with zero attached hydrogens (tertiary/aromatic N) is 5. The number of rotatable bonds is 10. The number of unbranched alkanes of at least 4 members (excludes halogenated alkanes) is 1. The quantitative estimate of drug-likeness (QED) is 0.210. The highest BCUT2D eigenvalue weighted by molar-refractivity contribution is 14.0. The molecular formula is C22H40IN7. The first-order valence-corrected chi connectivity index (χ1v) is 11.5. The molecule has 2 N–H and O–H groups in total. The van der Waals surface area contributed by atoms with Crippen LogP contribution in [0.1, 0.15) is 51.4 Å². The van der Waals surface area contributed by atoms with Gasteiger partial charge in [-0.05, 0) is 31.4 Å². The van der Waals surface area contributed by atoms with E-state index in [-0.39, 0.29) is 24.0 Å². The Morgan fingerprint density at radius 2 is 1.67 bits per heavy atom. The van der Waals surface area contributed by atoms with E-state index in [9.17, 15) is 0 Å². The van der Waals surface area contributed by atoms with Crippen LogP contribution >= 0.6 is 24.0 Å². The fraction of sp³-hybridized carbons (Fsp3) is 0.773. The van der Waals surface area contributed by atoms with Crippen molar-refractivity contribution in [1.29, 1.82) is 0 Å². The summed E-state index contributed by atoms with van der Waals surface area (Å²) in [7, 11) is 1.86. The van der Waals surface area contributed by atoms with Gasteiger partial charge in [-0.3, -0.25) is 9.89 Å². The minimum absolute atomic E-state index is 0. The van der Waals surface area contributed by atoms with E-state index in [2.05, 4.69) is 35.4 Å². The molecule has 2 aliphatic rings. The van der Waals surface area contributed by atoms with Crippen LogP contribution < -0.4 is 15.5 Å². The van der Waals surface area contributed by atoms with Gasteiger partial charge in [0, 0.05) is 58.7 Å². The van der Waals surface area contributed by atoms with Crippen molar-refractivity contribution < 1.29 is 0 Å². The zero-order valence-corrected chi connectivity index (χ0v) is 20.9. The molecule has 1 saturated heterocycles. The second kappa shape index (κ2) is 14.8. The lowest BCUT2D eigenvalue weighted by Gasteiger charge is -2.34. The summed E-state index contributed by atoms with van der Waals surface area (Å²) in [6, 6.07) is 1.87. The Morgan fingerprint density at radius 3 is 2.33 bits per heavy atom. The average Bonchev–Trinajstić information content (AvgIpc) is 3.29. The fourth-order valence-electron chi connectivity index (χ4n) is 4.42. The Kier molecular flexibility index (Phi) is 12.4. The number of guanidine groups is 1. The highest BCUT2D eigenvalue weighted by Gasteiger charge is 2.18. The maximum Gasteiger partial charge on any atom is 0.225 e. The first-order chi connectivity index (χ1) is 14.3. The lowest BCUT2D eigenvalue weighted by atomic mass is 10.0. The summed E-state index contributed by atoms with van der Waals surface area (Å²) >= 11 is 0. The maximum atomic E-state index is 4.35. The van der Waals surface area contributed by atoms with Gasteiger partial charge in [-0.15, -0.1) is 24.0 Å². The van der Waals surface area contributed by atoms with E-state index in [0.29, 0.717) is 0 Å². The van der Waals surface area contributed by atoms with Crippen LogP contribution in [0.2, 0.25) is 0 Å². The lowest BCUT2D eigenvalue weighted by Crippen LogP contribution is -2.47. The Morgan fingerprint density at radius 1 is 1.00 bits per heavy atom. The summed E-state index contributed by atoms with van der Waals surface area (Å²) in [5, 5.41) is 6.92. The molecule has 0 unspecified atom stereocenters. The first kappa shape index (κ1) is 25.1. The average molecular weight is 530 g/mol. The van der Waals surface area contributed by atoms with Crippen LogP contribution in [0.15, 0.2) is 23.5 Å². The minimum atomic E-state index is 0. The van der Waals surface area contributed by atoms with Crippen LogP contribution in [-0.2, 0) is 0 Å². The van der Waals surface area contributed by atoms with Crippen molar-refractivity contribution in [3.05, 3.63) is 18.5 Å². The predicted molar refractivity (Wildman–Crippen MR) is 136 cm³/mol. The normalized spacial score (nSPS) is 18.3. The molecular weight excluding hydrogens is 489 g/mol. The smallest absolute Gasteiger partial charge is 0.225 e. The number of aromatic nitrogens is 2. The van der Waals surface area contributed by atoms with Gasteiger partial charge in [0.2, 0.25) is 5.95 Å². The molecule has 0 aromatic carbocycles. The summed E-state index contributed by atoms with van der Waals surface area (Å²) in [5.74, 6) is 2.80. The van der Waals surface area contributed by atoms with E-state index in [1.807, 2.05) is 25.5 Å². The van der Waals surface area contributed by atoms with Gasteiger partial charge in [-0.2, -0.15) is 0 Å². The molecule has 170 valence electrons. The van der Waals surface area contributed by atoms with E-state index in [4.69, 9.17) is 0 Å². The third-order valence-electron chi connectivity index (χ3n) is 6.18. The molecule has 2 fully saturated rings. The third kappa shape index (κ3) is 8.91. The number of nitrogens with one attached hydrogen (secondary N) is 2. The molecule has 3 rings (SSSR count). The summed E-state index contributed by atoms with van der Waals surface area (Å²) in [6.45, 7) is 7.26. The Balaban J connectivity index is 0.00000320. The molecule has 0 spiro atoms. The number of halogens is 1. The molecule has 1 aromatic heterocycles. The monoisotopic (exact) mass is 529 g/mol. The number of hydrogen-bond donors (Lipinski definition) is 2. The molecule has 8 heteroatoms. The van der Waals surface area contributed by atoms with Crippen molar-refractivity contribution in [2.24, 2.45) is 10.9 Å². The van der Waals surface area contributed by atoms with Crippen molar-refractivity contribution in [2.45, 2.75) is 51.4 Å². The molecule has 0 amide bonds. The second-order valence-electron chi connectivity index (χ2n) is 8.30. The Hall–Kier alpha value is -1.16. The Labute approximate surface area is 199 Å². The first-order valence-electron chi connectivity index (χ1n) is 11.5. The molecule has 0 bridgehead atoms. The number of aliphatic imine (C=N–C) groups is 1. The standard InChI is InChI=1S/C22H39N7.HI/c1-23-21(24-11-5-4-10-20-8-2-3-9-20)25-14-7-15-28-16-18-29(19-17-28)22-26-12-6-13-27-22;/h6,12-13,20H,2-5,7-11,14-19H2,1H3,(H2,23,24,25);1H. The molecule has 1 aromatic rings. The van der Waals surface area contributed by atoms with Crippen molar-refractivity contribution >= 4 is 35.9 Å². The van der Waals surface area contributed by atoms with Gasteiger partial charge in [-0.25, -0.2) is 9.97 Å². The van der Waals surface area contributed by atoms with E-state index in [1.54, 1.807) is 0 Å². The van der Waals surface area contributed by atoms with Gasteiger partial charge in [0.15, 0.2) is 5.96 Å². The van der Waals surface area contributed by atoms with Crippen LogP contribution in [0.4, 0.5) is 5.95 Å². The molecule has 30 heavy (non-hydrogen) atoms. The Bertz CT molecular complexity index is 584.